The Labute approximate surface area is 210 Å². The second kappa shape index (κ2) is 9.49. The van der Waals surface area contributed by atoms with E-state index in [0.29, 0.717) is 17.3 Å². The van der Waals surface area contributed by atoms with Crippen molar-refractivity contribution in [2.24, 2.45) is 5.73 Å². The van der Waals surface area contributed by atoms with Crippen LogP contribution in [0.3, 0.4) is 0 Å². The third-order valence-corrected chi connectivity index (χ3v) is 7.45. The molecule has 1 aliphatic rings. The van der Waals surface area contributed by atoms with Crippen molar-refractivity contribution in [3.8, 4) is 17.1 Å². The molecule has 35 heavy (non-hydrogen) atoms. The van der Waals surface area contributed by atoms with E-state index in [1.54, 1.807) is 12.1 Å². The Morgan fingerprint density at radius 1 is 1.34 bits per heavy atom. The van der Waals surface area contributed by atoms with Gasteiger partial charge in [-0.1, -0.05) is 17.7 Å². The molecule has 0 saturated carbocycles. The van der Waals surface area contributed by atoms with Crippen LogP contribution in [0.2, 0.25) is 5.02 Å². The predicted molar refractivity (Wildman–Crippen MR) is 136 cm³/mol. The number of hydrogen-bond acceptors (Lipinski definition) is 8. The second-order valence-electron chi connectivity index (χ2n) is 8.45. The first kappa shape index (κ1) is 23.6. The van der Waals surface area contributed by atoms with Crippen molar-refractivity contribution in [1.82, 2.24) is 15.0 Å². The zero-order chi connectivity index (χ0) is 24.7. The zero-order valence-electron chi connectivity index (χ0n) is 19.2. The Balaban J connectivity index is 1.54. The standard InChI is InChI=1S/C25H23ClFN5O2S/c1-13-30-22-23(32-9-7-15(28)12-32)14(10-16(26)24(22)35-13)11-19(33)18-6-8-29-25(31-18)21-17(27)4-3-5-20(21)34-2/h3-6,8,10,15H,7,9,11-12,28H2,1-2H3/t15-/m0/s1. The number of hydrogen-bond donors (Lipinski definition) is 1. The van der Waals surface area contributed by atoms with Gasteiger partial charge in [-0.15, -0.1) is 11.3 Å². The van der Waals surface area contributed by atoms with Gasteiger partial charge in [0.15, 0.2) is 11.6 Å². The quantitative estimate of drug-likeness (QED) is 0.371. The first-order valence-electron chi connectivity index (χ1n) is 11.1. The number of halogens is 2. The van der Waals surface area contributed by atoms with Crippen molar-refractivity contribution >= 4 is 44.6 Å². The molecule has 4 aromatic rings. The van der Waals surface area contributed by atoms with Crippen LogP contribution >= 0.6 is 22.9 Å². The van der Waals surface area contributed by atoms with Crippen molar-refractivity contribution in [1.29, 1.82) is 0 Å². The number of rotatable bonds is 6. The van der Waals surface area contributed by atoms with E-state index in [1.165, 1.54) is 36.8 Å². The minimum Gasteiger partial charge on any atom is -0.496 e. The van der Waals surface area contributed by atoms with Crippen LogP contribution < -0.4 is 15.4 Å². The van der Waals surface area contributed by atoms with E-state index in [0.717, 1.165) is 39.4 Å². The van der Waals surface area contributed by atoms with Gasteiger partial charge in [-0.05, 0) is 43.2 Å². The maximum absolute atomic E-state index is 14.6. The van der Waals surface area contributed by atoms with Crippen LogP contribution in [0.25, 0.3) is 21.6 Å². The number of ketones is 1. The van der Waals surface area contributed by atoms with Crippen LogP contribution in [0, 0.1) is 12.7 Å². The van der Waals surface area contributed by atoms with Gasteiger partial charge in [0, 0.05) is 31.7 Å². The fourth-order valence-electron chi connectivity index (χ4n) is 4.46. The van der Waals surface area contributed by atoms with Gasteiger partial charge in [0.2, 0.25) is 0 Å². The summed E-state index contributed by atoms with van der Waals surface area (Å²) in [5, 5.41) is 1.45. The minimum atomic E-state index is -0.530. The number of anilines is 1. The van der Waals surface area contributed by atoms with Crippen LogP contribution in [0.15, 0.2) is 36.5 Å². The highest BCUT2D eigenvalue weighted by Gasteiger charge is 2.27. The third kappa shape index (κ3) is 4.47. The number of Topliss-reactive ketones (excluding diaryl/α,β-unsaturated/α-hetero) is 1. The van der Waals surface area contributed by atoms with E-state index < -0.39 is 5.82 Å². The molecule has 0 unspecified atom stereocenters. The number of aromatic nitrogens is 3. The van der Waals surface area contributed by atoms with Crippen LogP contribution in [-0.2, 0) is 6.42 Å². The molecule has 2 N–H and O–H groups in total. The van der Waals surface area contributed by atoms with E-state index in [2.05, 4.69) is 14.9 Å². The van der Waals surface area contributed by atoms with Crippen molar-refractivity contribution in [2.75, 3.05) is 25.1 Å². The minimum absolute atomic E-state index is 0.0537. The maximum Gasteiger partial charge on any atom is 0.185 e. The van der Waals surface area contributed by atoms with E-state index in [9.17, 15) is 9.18 Å². The van der Waals surface area contributed by atoms with Gasteiger partial charge in [-0.2, -0.15) is 0 Å². The topological polar surface area (TPSA) is 94.2 Å². The first-order valence-corrected chi connectivity index (χ1v) is 12.3. The lowest BCUT2D eigenvalue weighted by Crippen LogP contribution is -2.27. The van der Waals surface area contributed by atoms with Crippen molar-refractivity contribution in [3.05, 3.63) is 63.6 Å². The average Bonchev–Trinajstić information content (AvgIpc) is 3.44. The summed E-state index contributed by atoms with van der Waals surface area (Å²) >= 11 is 8.13. The highest BCUT2D eigenvalue weighted by Crippen LogP contribution is 2.40. The number of carbonyl (C=O) groups excluding carboxylic acids is 1. The fourth-order valence-corrected chi connectivity index (χ4v) is 5.62. The summed E-state index contributed by atoms with van der Waals surface area (Å²) in [6.07, 6.45) is 2.36. The summed E-state index contributed by atoms with van der Waals surface area (Å²) in [5.74, 6) is -0.396. The third-order valence-electron chi connectivity index (χ3n) is 6.03. The maximum atomic E-state index is 14.6. The van der Waals surface area contributed by atoms with E-state index in [4.69, 9.17) is 27.1 Å². The van der Waals surface area contributed by atoms with Crippen molar-refractivity contribution in [3.63, 3.8) is 0 Å². The number of ether oxygens (including phenoxy) is 1. The van der Waals surface area contributed by atoms with Gasteiger partial charge in [-0.3, -0.25) is 4.79 Å². The average molecular weight is 512 g/mol. The monoisotopic (exact) mass is 511 g/mol. The van der Waals surface area contributed by atoms with E-state index in [1.807, 2.05) is 13.0 Å². The number of nitrogens with two attached hydrogens (primary N) is 1. The van der Waals surface area contributed by atoms with Crippen LogP contribution in [-0.4, -0.2) is 47.0 Å². The predicted octanol–water partition coefficient (Wildman–Crippen LogP) is 4.83. The lowest BCUT2D eigenvalue weighted by molar-refractivity contribution is 0.0988. The Morgan fingerprint density at radius 2 is 2.17 bits per heavy atom. The van der Waals surface area contributed by atoms with Gasteiger partial charge >= 0.3 is 0 Å². The summed E-state index contributed by atoms with van der Waals surface area (Å²) < 4.78 is 20.7. The highest BCUT2D eigenvalue weighted by atomic mass is 35.5. The molecule has 3 heterocycles. The van der Waals surface area contributed by atoms with Gasteiger partial charge in [0.05, 0.1) is 33.1 Å². The van der Waals surface area contributed by atoms with Crippen LogP contribution in [0.5, 0.6) is 5.75 Å². The molecule has 1 fully saturated rings. The Morgan fingerprint density at radius 3 is 2.91 bits per heavy atom. The molecule has 10 heteroatoms. The lowest BCUT2D eigenvalue weighted by atomic mass is 10.0. The number of nitrogens with zero attached hydrogens (tertiary/aromatic N) is 4. The molecule has 1 atom stereocenters. The SMILES string of the molecule is COc1cccc(F)c1-c1nccc(C(=O)Cc2cc(Cl)c3sc(C)nc3c2N2CC[C@H](N)C2)n1. The summed E-state index contributed by atoms with van der Waals surface area (Å²) in [5.41, 5.74) is 8.90. The van der Waals surface area contributed by atoms with E-state index >= 15 is 0 Å². The van der Waals surface area contributed by atoms with Crippen LogP contribution in [0.1, 0.15) is 27.5 Å². The van der Waals surface area contributed by atoms with Gasteiger partial charge < -0.3 is 15.4 Å². The Kier molecular flexibility index (Phi) is 6.39. The van der Waals surface area contributed by atoms with E-state index in [-0.39, 0.29) is 35.3 Å². The molecule has 0 amide bonds. The second-order valence-corrected chi connectivity index (χ2v) is 10.1. The number of methoxy groups -OCH3 is 1. The van der Waals surface area contributed by atoms with Gasteiger partial charge in [0.1, 0.15) is 22.8 Å². The molecular weight excluding hydrogens is 489 g/mol. The van der Waals surface area contributed by atoms with Crippen molar-refractivity contribution < 1.29 is 13.9 Å². The summed E-state index contributed by atoms with van der Waals surface area (Å²) in [6.45, 7) is 3.39. The summed E-state index contributed by atoms with van der Waals surface area (Å²) in [4.78, 5) is 28.9. The smallest absolute Gasteiger partial charge is 0.185 e. The van der Waals surface area contributed by atoms with Gasteiger partial charge in [-0.25, -0.2) is 19.3 Å². The van der Waals surface area contributed by atoms with Crippen LogP contribution in [0.4, 0.5) is 10.1 Å². The summed E-state index contributed by atoms with van der Waals surface area (Å²) in [7, 11) is 1.44. The molecule has 0 spiro atoms. The Hall–Kier alpha value is -3.14. The molecule has 5 rings (SSSR count). The lowest BCUT2D eigenvalue weighted by Gasteiger charge is -2.22. The molecule has 7 nitrogen and oxygen atoms in total. The zero-order valence-corrected chi connectivity index (χ0v) is 20.8. The first-order chi connectivity index (χ1) is 16.9. The largest absolute Gasteiger partial charge is 0.496 e. The normalized spacial score (nSPS) is 15.7. The number of thiazole rings is 1. The van der Waals surface area contributed by atoms with Gasteiger partial charge in [0.25, 0.3) is 0 Å². The Bertz CT molecular complexity index is 1440. The molecule has 0 bridgehead atoms. The number of carbonyl (C=O) groups is 1. The van der Waals surface area contributed by atoms with Crippen molar-refractivity contribution in [2.45, 2.75) is 25.8 Å². The molecule has 2 aromatic carbocycles. The molecular formula is C25H23ClFN5O2S. The molecule has 180 valence electrons. The molecule has 1 saturated heterocycles. The molecule has 0 radical (unpaired) electrons. The number of benzene rings is 2. The number of aryl methyl sites for hydroxylation is 1. The summed E-state index contributed by atoms with van der Waals surface area (Å²) in [6, 6.07) is 7.88. The number of fused-ring (bicyclic) bond motifs is 1. The fraction of sp³-hybridized carbons (Fsp3) is 0.280. The highest BCUT2D eigenvalue weighted by molar-refractivity contribution is 7.19. The molecule has 2 aromatic heterocycles. The molecule has 0 aliphatic carbocycles. The molecule has 1 aliphatic heterocycles.